The second-order valence-corrected chi connectivity index (χ2v) is 7.87. The summed E-state index contributed by atoms with van der Waals surface area (Å²) in [6, 6.07) is 2.29. The second-order valence-electron chi connectivity index (χ2n) is 6.91. The van der Waals surface area contributed by atoms with Gasteiger partial charge >= 0.3 is 0 Å². The number of aryl methyl sites for hydroxylation is 1. The summed E-state index contributed by atoms with van der Waals surface area (Å²) in [6.07, 6.45) is 8.55. The van der Waals surface area contributed by atoms with Gasteiger partial charge in [-0.15, -0.1) is 11.3 Å². The molecule has 0 saturated carbocycles. The summed E-state index contributed by atoms with van der Waals surface area (Å²) in [4.78, 5) is 16.5. The quantitative estimate of drug-likeness (QED) is 0.929. The van der Waals surface area contributed by atoms with E-state index in [0.29, 0.717) is 6.04 Å². The van der Waals surface area contributed by atoms with Gasteiger partial charge < -0.3 is 10.2 Å². The Bertz CT molecular complexity index is 727. The Morgan fingerprint density at radius 1 is 1.29 bits per heavy atom. The van der Waals surface area contributed by atoms with E-state index >= 15 is 0 Å². The van der Waals surface area contributed by atoms with Crippen molar-refractivity contribution in [3.63, 3.8) is 0 Å². The van der Waals surface area contributed by atoms with Crippen LogP contribution in [0.5, 0.6) is 0 Å². The lowest BCUT2D eigenvalue weighted by Crippen LogP contribution is -2.32. The number of nitrogens with one attached hydrogen (secondary N) is 1. The van der Waals surface area contributed by atoms with E-state index in [4.69, 9.17) is 0 Å². The Balaban J connectivity index is 1.51. The zero-order valence-corrected chi connectivity index (χ0v) is 14.9. The summed E-state index contributed by atoms with van der Waals surface area (Å²) in [5.41, 5.74) is 2.14. The van der Waals surface area contributed by atoms with Crippen molar-refractivity contribution in [2.45, 2.75) is 44.6 Å². The number of carbonyl (C=O) groups excluding carboxylic acids is 1. The molecular formula is C18H24N4OS. The maximum absolute atomic E-state index is 12.8. The highest BCUT2D eigenvalue weighted by atomic mass is 32.1. The second kappa shape index (κ2) is 6.69. The monoisotopic (exact) mass is 344 g/mol. The van der Waals surface area contributed by atoms with Crippen molar-refractivity contribution in [3.05, 3.63) is 33.6 Å². The number of anilines is 1. The Morgan fingerprint density at radius 3 is 2.92 bits per heavy atom. The van der Waals surface area contributed by atoms with Gasteiger partial charge in [0.05, 0.1) is 17.8 Å². The van der Waals surface area contributed by atoms with E-state index in [2.05, 4.69) is 22.4 Å². The summed E-state index contributed by atoms with van der Waals surface area (Å²) in [6.45, 7) is 2.16. The van der Waals surface area contributed by atoms with Crippen LogP contribution >= 0.6 is 11.3 Å². The lowest BCUT2D eigenvalue weighted by molar-refractivity contribution is 0.102. The van der Waals surface area contributed by atoms with Crippen molar-refractivity contribution in [2.24, 2.45) is 0 Å². The van der Waals surface area contributed by atoms with Crippen LogP contribution in [0.4, 0.5) is 5.82 Å². The maximum atomic E-state index is 12.8. The number of amides is 1. The first-order valence-corrected chi connectivity index (χ1v) is 9.73. The molecule has 3 heterocycles. The van der Waals surface area contributed by atoms with E-state index in [-0.39, 0.29) is 5.91 Å². The lowest BCUT2D eigenvalue weighted by Gasteiger charge is -2.30. The molecule has 1 N–H and O–H groups in total. The molecule has 0 aromatic carbocycles. The number of fused-ring (bicyclic) bond motifs is 1. The molecule has 1 aliphatic carbocycles. The molecule has 0 unspecified atom stereocenters. The smallest absolute Gasteiger partial charge is 0.257 e. The van der Waals surface area contributed by atoms with Crippen LogP contribution in [0, 0.1) is 0 Å². The third-order valence-corrected chi connectivity index (χ3v) is 6.34. The van der Waals surface area contributed by atoms with Crippen LogP contribution in [0.25, 0.3) is 0 Å². The molecule has 4 rings (SSSR count). The van der Waals surface area contributed by atoms with Crippen LogP contribution < -0.4 is 5.32 Å². The van der Waals surface area contributed by atoms with Crippen molar-refractivity contribution in [1.29, 1.82) is 0 Å². The molecule has 2 aromatic heterocycles. The van der Waals surface area contributed by atoms with Crippen LogP contribution in [0.2, 0.25) is 0 Å². The predicted molar refractivity (Wildman–Crippen MR) is 96.9 cm³/mol. The van der Waals surface area contributed by atoms with Crippen molar-refractivity contribution in [2.75, 3.05) is 25.5 Å². The van der Waals surface area contributed by atoms with Crippen LogP contribution in [-0.4, -0.2) is 40.7 Å². The molecule has 24 heavy (non-hydrogen) atoms. The number of hydrogen-bond acceptors (Lipinski definition) is 4. The fraction of sp³-hybridized carbons (Fsp3) is 0.556. The zero-order valence-electron chi connectivity index (χ0n) is 14.1. The van der Waals surface area contributed by atoms with E-state index in [9.17, 15) is 4.79 Å². The Hall–Kier alpha value is -1.66. The minimum Gasteiger partial charge on any atom is -0.307 e. The molecule has 0 radical (unpaired) electrons. The first-order chi connectivity index (χ1) is 11.7. The summed E-state index contributed by atoms with van der Waals surface area (Å²) in [7, 11) is 2.15. The largest absolute Gasteiger partial charge is 0.307 e. The Morgan fingerprint density at radius 2 is 2.08 bits per heavy atom. The van der Waals surface area contributed by atoms with E-state index in [1.807, 2.05) is 16.1 Å². The Kier molecular flexibility index (Phi) is 4.41. The average molecular weight is 344 g/mol. The number of rotatable bonds is 3. The number of likely N-dealkylation sites (tertiary alicyclic amines) is 1. The van der Waals surface area contributed by atoms with Crippen LogP contribution in [0.1, 0.15) is 52.5 Å². The molecule has 0 atom stereocenters. The van der Waals surface area contributed by atoms with Crippen LogP contribution in [0.3, 0.4) is 0 Å². The topological polar surface area (TPSA) is 50.2 Å². The van der Waals surface area contributed by atoms with Gasteiger partial charge in [-0.3, -0.25) is 4.79 Å². The number of carbonyl (C=O) groups is 1. The molecule has 128 valence electrons. The molecule has 0 spiro atoms. The molecule has 0 bridgehead atoms. The minimum atomic E-state index is 0.0177. The van der Waals surface area contributed by atoms with Crippen molar-refractivity contribution >= 4 is 23.1 Å². The lowest BCUT2D eigenvalue weighted by atomic mass is 9.96. The van der Waals surface area contributed by atoms with Gasteiger partial charge in [0.25, 0.3) is 5.91 Å². The SMILES string of the molecule is CN1CCC(n2nccc2NC(=O)c2csc3c2CCCC3)CC1. The predicted octanol–water partition coefficient (Wildman–Crippen LogP) is 3.34. The number of thiophene rings is 1. The normalized spacial score (nSPS) is 19.2. The first-order valence-electron chi connectivity index (χ1n) is 8.85. The van der Waals surface area contributed by atoms with Gasteiger partial charge in [0.2, 0.25) is 0 Å². The fourth-order valence-electron chi connectivity index (χ4n) is 3.81. The first kappa shape index (κ1) is 15.8. The number of piperidine rings is 1. The van der Waals surface area contributed by atoms with Crippen LogP contribution in [-0.2, 0) is 12.8 Å². The number of hydrogen-bond donors (Lipinski definition) is 1. The summed E-state index contributed by atoms with van der Waals surface area (Å²) >= 11 is 1.74. The highest BCUT2D eigenvalue weighted by Crippen LogP contribution is 2.31. The van der Waals surface area contributed by atoms with E-state index in [1.54, 1.807) is 17.5 Å². The molecule has 2 aliphatic rings. The number of aromatic nitrogens is 2. The zero-order chi connectivity index (χ0) is 16.5. The number of nitrogens with zero attached hydrogens (tertiary/aromatic N) is 3. The Labute approximate surface area is 146 Å². The molecule has 1 fully saturated rings. The van der Waals surface area contributed by atoms with Gasteiger partial charge in [-0.05, 0) is 64.2 Å². The third kappa shape index (κ3) is 3.00. The van der Waals surface area contributed by atoms with Crippen molar-refractivity contribution < 1.29 is 4.79 Å². The molecule has 5 nitrogen and oxygen atoms in total. The molecule has 1 amide bonds. The standard InChI is InChI=1S/C18H24N4OS/c1-21-10-7-13(8-11-21)22-17(6-9-19-22)20-18(23)15-12-24-16-5-3-2-4-14(15)16/h6,9,12-13H,2-5,7-8,10-11H2,1H3,(H,20,23). The van der Waals surface area contributed by atoms with Gasteiger partial charge in [-0.2, -0.15) is 5.10 Å². The molecule has 1 aliphatic heterocycles. The van der Waals surface area contributed by atoms with Crippen molar-refractivity contribution in [3.8, 4) is 0 Å². The van der Waals surface area contributed by atoms with E-state index in [0.717, 1.165) is 50.2 Å². The highest BCUT2D eigenvalue weighted by Gasteiger charge is 2.24. The van der Waals surface area contributed by atoms with Gasteiger partial charge in [-0.25, -0.2) is 4.68 Å². The molecule has 6 heteroatoms. The van der Waals surface area contributed by atoms with Gasteiger partial charge in [0.1, 0.15) is 5.82 Å². The summed E-state index contributed by atoms with van der Waals surface area (Å²) in [5, 5.41) is 9.61. The van der Waals surface area contributed by atoms with E-state index in [1.165, 1.54) is 23.3 Å². The molecule has 1 saturated heterocycles. The van der Waals surface area contributed by atoms with Crippen LogP contribution in [0.15, 0.2) is 17.6 Å². The van der Waals surface area contributed by atoms with Crippen molar-refractivity contribution in [1.82, 2.24) is 14.7 Å². The fourth-order valence-corrected chi connectivity index (χ4v) is 4.94. The minimum absolute atomic E-state index is 0.0177. The molecular weight excluding hydrogens is 320 g/mol. The molecule has 2 aromatic rings. The highest BCUT2D eigenvalue weighted by molar-refractivity contribution is 7.10. The summed E-state index contributed by atoms with van der Waals surface area (Å²) in [5.74, 6) is 0.842. The van der Waals surface area contributed by atoms with Gasteiger partial charge in [-0.1, -0.05) is 0 Å². The average Bonchev–Trinajstić information content (AvgIpc) is 3.22. The summed E-state index contributed by atoms with van der Waals surface area (Å²) < 4.78 is 2.00. The third-order valence-electron chi connectivity index (χ3n) is 5.25. The maximum Gasteiger partial charge on any atom is 0.257 e. The van der Waals surface area contributed by atoms with Gasteiger partial charge in [0, 0.05) is 16.3 Å². The van der Waals surface area contributed by atoms with Gasteiger partial charge in [0.15, 0.2) is 0 Å². The van der Waals surface area contributed by atoms with E-state index < -0.39 is 0 Å².